The van der Waals surface area contributed by atoms with Crippen LogP contribution in [0.3, 0.4) is 0 Å². The van der Waals surface area contributed by atoms with Crippen molar-refractivity contribution in [2.45, 2.75) is 13.8 Å². The SMILES string of the molecule is C=C(NC(C)=O)C(=N)C(C)=N. The molecular weight excluding hydrogens is 142 g/mol. The van der Waals surface area contributed by atoms with Crippen LogP contribution in [0.4, 0.5) is 0 Å². The summed E-state index contributed by atoms with van der Waals surface area (Å²) in [5.74, 6) is -0.277. The molecule has 0 aliphatic carbocycles. The van der Waals surface area contributed by atoms with E-state index >= 15 is 0 Å². The second kappa shape index (κ2) is 3.65. The Morgan fingerprint density at radius 2 is 1.82 bits per heavy atom. The van der Waals surface area contributed by atoms with E-state index < -0.39 is 0 Å². The minimum atomic E-state index is -0.277. The minimum absolute atomic E-state index is 0.0415. The monoisotopic (exact) mass is 153 g/mol. The standard InChI is InChI=1S/C7H11N3O/c1-4(8)7(9)5(2)10-6(3)11/h8-9H,2H2,1,3H3,(H,10,11). The zero-order chi connectivity index (χ0) is 9.02. The second-order valence-electron chi connectivity index (χ2n) is 2.16. The van der Waals surface area contributed by atoms with E-state index in [-0.39, 0.29) is 23.0 Å². The number of carbonyl (C=O) groups is 1. The van der Waals surface area contributed by atoms with Crippen LogP contribution in [0.15, 0.2) is 12.3 Å². The van der Waals surface area contributed by atoms with Gasteiger partial charge >= 0.3 is 0 Å². The van der Waals surface area contributed by atoms with E-state index in [1.807, 2.05) is 0 Å². The third-order valence-corrected chi connectivity index (χ3v) is 1.00. The highest BCUT2D eigenvalue weighted by molar-refractivity contribution is 6.45. The molecule has 0 aliphatic heterocycles. The van der Waals surface area contributed by atoms with Crippen LogP contribution in [-0.2, 0) is 4.79 Å². The lowest BCUT2D eigenvalue weighted by Crippen LogP contribution is -2.26. The fourth-order valence-electron chi connectivity index (χ4n) is 0.501. The van der Waals surface area contributed by atoms with E-state index in [4.69, 9.17) is 10.8 Å². The average Bonchev–Trinajstić information content (AvgIpc) is 1.84. The molecule has 3 N–H and O–H groups in total. The van der Waals surface area contributed by atoms with Gasteiger partial charge in [-0.2, -0.15) is 0 Å². The van der Waals surface area contributed by atoms with Gasteiger partial charge in [0.1, 0.15) is 0 Å². The third-order valence-electron chi connectivity index (χ3n) is 1.00. The molecule has 4 heteroatoms. The van der Waals surface area contributed by atoms with E-state index in [1.165, 1.54) is 13.8 Å². The Bertz CT molecular complexity index is 230. The molecule has 0 aliphatic rings. The van der Waals surface area contributed by atoms with Crippen molar-refractivity contribution in [1.82, 2.24) is 5.32 Å². The molecule has 11 heavy (non-hydrogen) atoms. The van der Waals surface area contributed by atoms with Crippen LogP contribution in [-0.4, -0.2) is 17.3 Å². The van der Waals surface area contributed by atoms with E-state index in [1.54, 1.807) is 0 Å². The molecule has 0 radical (unpaired) electrons. The first kappa shape index (κ1) is 9.55. The summed E-state index contributed by atoms with van der Waals surface area (Å²) in [5, 5.41) is 16.6. The molecule has 4 nitrogen and oxygen atoms in total. The van der Waals surface area contributed by atoms with Gasteiger partial charge in [-0.05, 0) is 6.92 Å². The molecular formula is C7H11N3O. The molecule has 1 amide bonds. The Hall–Kier alpha value is -1.45. The Kier molecular flexibility index (Phi) is 3.17. The van der Waals surface area contributed by atoms with Gasteiger partial charge in [-0.25, -0.2) is 0 Å². The summed E-state index contributed by atoms with van der Waals surface area (Å²) in [6, 6.07) is 0. The maximum atomic E-state index is 10.4. The van der Waals surface area contributed by atoms with Crippen molar-refractivity contribution < 1.29 is 4.79 Å². The summed E-state index contributed by atoms with van der Waals surface area (Å²) in [6.07, 6.45) is 0. The number of rotatable bonds is 3. The first-order valence-corrected chi connectivity index (χ1v) is 3.06. The molecule has 0 aromatic carbocycles. The second-order valence-corrected chi connectivity index (χ2v) is 2.16. The zero-order valence-electron chi connectivity index (χ0n) is 6.62. The first-order valence-electron chi connectivity index (χ1n) is 3.06. The fraction of sp³-hybridized carbons (Fsp3) is 0.286. The summed E-state index contributed by atoms with van der Waals surface area (Å²) in [6.45, 7) is 6.22. The highest BCUT2D eigenvalue weighted by Crippen LogP contribution is 1.89. The zero-order valence-corrected chi connectivity index (χ0v) is 6.62. The van der Waals surface area contributed by atoms with Crippen LogP contribution in [0.1, 0.15) is 13.8 Å². The molecule has 0 saturated carbocycles. The van der Waals surface area contributed by atoms with Crippen molar-refractivity contribution in [3.8, 4) is 0 Å². The Balaban J connectivity index is 4.16. The maximum absolute atomic E-state index is 10.4. The Labute approximate surface area is 65.3 Å². The molecule has 0 bridgehead atoms. The minimum Gasteiger partial charge on any atom is -0.325 e. The fourth-order valence-corrected chi connectivity index (χ4v) is 0.501. The van der Waals surface area contributed by atoms with Crippen molar-refractivity contribution in [1.29, 1.82) is 10.8 Å². The summed E-state index contributed by atoms with van der Waals surface area (Å²) in [4.78, 5) is 10.4. The smallest absolute Gasteiger partial charge is 0.221 e. The van der Waals surface area contributed by atoms with Crippen LogP contribution in [0.5, 0.6) is 0 Å². The molecule has 0 unspecified atom stereocenters. The number of amides is 1. The van der Waals surface area contributed by atoms with E-state index in [2.05, 4.69) is 11.9 Å². The van der Waals surface area contributed by atoms with Gasteiger partial charge in [-0.1, -0.05) is 6.58 Å². The Morgan fingerprint density at radius 1 is 1.36 bits per heavy atom. The lowest BCUT2D eigenvalue weighted by atomic mass is 10.2. The summed E-state index contributed by atoms with van der Waals surface area (Å²) in [5.41, 5.74) is 0.217. The van der Waals surface area contributed by atoms with Crippen molar-refractivity contribution in [2.75, 3.05) is 0 Å². The van der Waals surface area contributed by atoms with Crippen LogP contribution in [0.2, 0.25) is 0 Å². The molecule has 0 atom stereocenters. The lowest BCUT2D eigenvalue weighted by Gasteiger charge is -2.05. The highest BCUT2D eigenvalue weighted by atomic mass is 16.1. The molecule has 0 heterocycles. The molecule has 0 aromatic rings. The van der Waals surface area contributed by atoms with E-state index in [0.29, 0.717) is 0 Å². The van der Waals surface area contributed by atoms with E-state index in [0.717, 1.165) is 0 Å². The number of hydrogen-bond acceptors (Lipinski definition) is 3. The third kappa shape index (κ3) is 3.30. The Morgan fingerprint density at radius 3 is 2.09 bits per heavy atom. The van der Waals surface area contributed by atoms with Gasteiger partial charge in [0.15, 0.2) is 0 Å². The number of hydrogen-bond donors (Lipinski definition) is 3. The largest absolute Gasteiger partial charge is 0.325 e. The van der Waals surface area contributed by atoms with Gasteiger partial charge in [0.25, 0.3) is 0 Å². The van der Waals surface area contributed by atoms with Gasteiger partial charge in [-0.3, -0.25) is 10.2 Å². The van der Waals surface area contributed by atoms with Gasteiger partial charge in [0, 0.05) is 6.92 Å². The summed E-state index contributed by atoms with van der Waals surface area (Å²) < 4.78 is 0. The van der Waals surface area contributed by atoms with Crippen LogP contribution in [0, 0.1) is 10.8 Å². The molecule has 0 fully saturated rings. The molecule has 0 aromatic heterocycles. The van der Waals surface area contributed by atoms with Gasteiger partial charge in [0.2, 0.25) is 5.91 Å². The topological polar surface area (TPSA) is 76.8 Å². The van der Waals surface area contributed by atoms with Crippen molar-refractivity contribution in [3.05, 3.63) is 12.3 Å². The first-order chi connectivity index (χ1) is 4.95. The maximum Gasteiger partial charge on any atom is 0.221 e. The van der Waals surface area contributed by atoms with Crippen LogP contribution < -0.4 is 5.32 Å². The predicted octanol–water partition coefficient (Wildman–Crippen LogP) is 0.696. The molecule has 0 rings (SSSR count). The normalized spacial score (nSPS) is 8.55. The molecule has 0 spiro atoms. The number of carbonyl (C=O) groups excluding carboxylic acids is 1. The van der Waals surface area contributed by atoms with Gasteiger partial charge < -0.3 is 10.7 Å². The van der Waals surface area contributed by atoms with Gasteiger partial charge in [0.05, 0.1) is 17.1 Å². The van der Waals surface area contributed by atoms with Crippen molar-refractivity contribution >= 4 is 17.3 Å². The van der Waals surface area contributed by atoms with Crippen molar-refractivity contribution in [3.63, 3.8) is 0 Å². The molecule has 60 valence electrons. The molecule has 0 saturated heterocycles. The van der Waals surface area contributed by atoms with Crippen LogP contribution >= 0.6 is 0 Å². The average molecular weight is 153 g/mol. The summed E-state index contributed by atoms with van der Waals surface area (Å²) >= 11 is 0. The summed E-state index contributed by atoms with van der Waals surface area (Å²) in [7, 11) is 0. The van der Waals surface area contributed by atoms with Crippen molar-refractivity contribution in [2.24, 2.45) is 0 Å². The number of allylic oxidation sites excluding steroid dienone is 1. The quantitative estimate of drug-likeness (QED) is 0.513. The van der Waals surface area contributed by atoms with E-state index in [9.17, 15) is 4.79 Å². The number of nitrogens with one attached hydrogen (secondary N) is 3. The lowest BCUT2D eigenvalue weighted by molar-refractivity contribution is -0.118. The highest BCUT2D eigenvalue weighted by Gasteiger charge is 2.04. The predicted molar refractivity (Wildman–Crippen MR) is 44.1 cm³/mol. The van der Waals surface area contributed by atoms with Crippen LogP contribution in [0.25, 0.3) is 0 Å². The van der Waals surface area contributed by atoms with Gasteiger partial charge in [-0.15, -0.1) is 0 Å².